The SMILES string of the molecule is Cc1c(C(=O)N(C)C)cc(C(=O)NCc2cccc3ccccc23)c(=O)n1-c1cccc(C(F)(F)F)c1. The van der Waals surface area contributed by atoms with Crippen LogP contribution in [0.2, 0.25) is 0 Å². The number of nitrogens with one attached hydrogen (secondary N) is 1. The molecule has 9 heteroatoms. The maximum Gasteiger partial charge on any atom is 0.416 e. The molecule has 0 atom stereocenters. The molecule has 0 spiro atoms. The molecule has 1 aromatic heterocycles. The summed E-state index contributed by atoms with van der Waals surface area (Å²) in [5.41, 5.74) is -1.28. The van der Waals surface area contributed by atoms with E-state index in [1.807, 2.05) is 42.5 Å². The number of hydrogen-bond donors (Lipinski definition) is 1. The first-order valence-corrected chi connectivity index (χ1v) is 11.4. The fourth-order valence-corrected chi connectivity index (χ4v) is 4.17. The number of nitrogens with zero attached hydrogens (tertiary/aromatic N) is 2. The lowest BCUT2D eigenvalue weighted by atomic mass is 10.0. The molecule has 0 unspecified atom stereocenters. The van der Waals surface area contributed by atoms with Gasteiger partial charge in [-0.2, -0.15) is 13.2 Å². The van der Waals surface area contributed by atoms with E-state index in [4.69, 9.17) is 0 Å². The molecule has 6 nitrogen and oxygen atoms in total. The summed E-state index contributed by atoms with van der Waals surface area (Å²) in [7, 11) is 3.00. The van der Waals surface area contributed by atoms with Crippen LogP contribution in [0.1, 0.15) is 37.5 Å². The van der Waals surface area contributed by atoms with Gasteiger partial charge in [-0.05, 0) is 47.5 Å². The average Bonchev–Trinajstić information content (AvgIpc) is 2.86. The summed E-state index contributed by atoms with van der Waals surface area (Å²) < 4.78 is 41.1. The minimum absolute atomic E-state index is 0.0253. The van der Waals surface area contributed by atoms with Crippen molar-refractivity contribution in [1.29, 1.82) is 0 Å². The first kappa shape index (κ1) is 25.7. The second kappa shape index (κ2) is 9.93. The molecule has 1 N–H and O–H groups in total. The van der Waals surface area contributed by atoms with Crippen LogP contribution in [-0.2, 0) is 12.7 Å². The Morgan fingerprint density at radius 1 is 0.919 bits per heavy atom. The van der Waals surface area contributed by atoms with E-state index in [0.29, 0.717) is 0 Å². The summed E-state index contributed by atoms with van der Waals surface area (Å²) in [5.74, 6) is -1.24. The van der Waals surface area contributed by atoms with Crippen LogP contribution in [0.3, 0.4) is 0 Å². The third-order valence-electron chi connectivity index (χ3n) is 6.08. The summed E-state index contributed by atoms with van der Waals surface area (Å²) in [6.07, 6.45) is -4.64. The second-order valence-corrected chi connectivity index (χ2v) is 8.77. The van der Waals surface area contributed by atoms with Crippen molar-refractivity contribution in [2.45, 2.75) is 19.6 Å². The molecule has 0 saturated heterocycles. The van der Waals surface area contributed by atoms with E-state index in [0.717, 1.165) is 33.0 Å². The topological polar surface area (TPSA) is 71.4 Å². The molecule has 3 aromatic carbocycles. The van der Waals surface area contributed by atoms with Crippen molar-refractivity contribution in [3.8, 4) is 5.69 Å². The summed E-state index contributed by atoms with van der Waals surface area (Å²) in [6.45, 7) is 1.56. The van der Waals surface area contributed by atoms with Gasteiger partial charge in [-0.1, -0.05) is 48.5 Å². The van der Waals surface area contributed by atoms with Gasteiger partial charge in [0.15, 0.2) is 0 Å². The number of halogens is 3. The highest BCUT2D eigenvalue weighted by Gasteiger charge is 2.31. The molecule has 2 amide bonds. The van der Waals surface area contributed by atoms with Crippen molar-refractivity contribution >= 4 is 22.6 Å². The highest BCUT2D eigenvalue weighted by Crippen LogP contribution is 2.30. The van der Waals surface area contributed by atoms with E-state index in [1.165, 1.54) is 44.1 Å². The van der Waals surface area contributed by atoms with Gasteiger partial charge in [0.05, 0.1) is 11.1 Å². The third kappa shape index (κ3) is 5.11. The summed E-state index contributed by atoms with van der Waals surface area (Å²) in [5, 5.41) is 4.63. The van der Waals surface area contributed by atoms with Crippen LogP contribution in [0.25, 0.3) is 16.5 Å². The Balaban J connectivity index is 1.80. The van der Waals surface area contributed by atoms with E-state index in [9.17, 15) is 27.6 Å². The van der Waals surface area contributed by atoms with E-state index < -0.39 is 29.1 Å². The smallest absolute Gasteiger partial charge is 0.348 e. The second-order valence-electron chi connectivity index (χ2n) is 8.77. The van der Waals surface area contributed by atoms with Crippen LogP contribution in [0.4, 0.5) is 13.2 Å². The molecule has 0 aliphatic rings. The van der Waals surface area contributed by atoms with E-state index in [-0.39, 0.29) is 29.1 Å². The van der Waals surface area contributed by atoms with Crippen molar-refractivity contribution < 1.29 is 22.8 Å². The van der Waals surface area contributed by atoms with Crippen molar-refractivity contribution in [1.82, 2.24) is 14.8 Å². The first-order chi connectivity index (χ1) is 17.5. The monoisotopic (exact) mass is 507 g/mol. The Labute approximate surface area is 211 Å². The highest BCUT2D eigenvalue weighted by atomic mass is 19.4. The quantitative estimate of drug-likeness (QED) is 0.416. The molecular formula is C28H24F3N3O3. The lowest BCUT2D eigenvalue weighted by Crippen LogP contribution is -2.35. The van der Waals surface area contributed by atoms with Crippen molar-refractivity contribution in [2.24, 2.45) is 0 Å². The molecule has 0 aliphatic carbocycles. The summed E-state index contributed by atoms with van der Waals surface area (Å²) >= 11 is 0. The number of amides is 2. The molecule has 0 radical (unpaired) electrons. The lowest BCUT2D eigenvalue weighted by Gasteiger charge is -2.19. The van der Waals surface area contributed by atoms with Crippen LogP contribution in [-0.4, -0.2) is 35.4 Å². The van der Waals surface area contributed by atoms with Crippen molar-refractivity contribution in [2.75, 3.05) is 14.1 Å². The predicted octanol–water partition coefficient (Wildman–Crippen LogP) is 4.95. The molecule has 37 heavy (non-hydrogen) atoms. The summed E-state index contributed by atoms with van der Waals surface area (Å²) in [6, 6.07) is 18.7. The fourth-order valence-electron chi connectivity index (χ4n) is 4.17. The zero-order chi connectivity index (χ0) is 26.9. The largest absolute Gasteiger partial charge is 0.416 e. The van der Waals surface area contributed by atoms with Gasteiger partial charge in [0.2, 0.25) is 0 Å². The Morgan fingerprint density at radius 2 is 1.59 bits per heavy atom. The minimum atomic E-state index is -4.64. The number of aromatic nitrogens is 1. The van der Waals surface area contributed by atoms with Gasteiger partial charge in [0, 0.05) is 32.0 Å². The molecule has 0 bridgehead atoms. The Kier molecular flexibility index (Phi) is 6.89. The van der Waals surface area contributed by atoms with E-state index in [1.54, 1.807) is 0 Å². The zero-order valence-corrected chi connectivity index (χ0v) is 20.4. The number of carbonyl (C=O) groups excluding carboxylic acids is 2. The first-order valence-electron chi connectivity index (χ1n) is 11.4. The number of benzene rings is 3. The highest BCUT2D eigenvalue weighted by molar-refractivity contribution is 6.00. The van der Waals surface area contributed by atoms with Gasteiger partial charge in [0.1, 0.15) is 5.56 Å². The van der Waals surface area contributed by atoms with Crippen LogP contribution in [0.5, 0.6) is 0 Å². The van der Waals surface area contributed by atoms with Crippen LogP contribution in [0, 0.1) is 6.92 Å². The van der Waals surface area contributed by atoms with Gasteiger partial charge in [-0.15, -0.1) is 0 Å². The normalized spacial score (nSPS) is 11.4. The molecular weight excluding hydrogens is 483 g/mol. The van der Waals surface area contributed by atoms with Crippen LogP contribution >= 0.6 is 0 Å². The zero-order valence-electron chi connectivity index (χ0n) is 20.4. The van der Waals surface area contributed by atoms with Crippen LogP contribution in [0.15, 0.2) is 77.6 Å². The van der Waals surface area contributed by atoms with Crippen molar-refractivity contribution in [3.63, 3.8) is 0 Å². The minimum Gasteiger partial charge on any atom is -0.348 e. The average molecular weight is 508 g/mol. The molecule has 0 fully saturated rings. The fraction of sp³-hybridized carbons (Fsp3) is 0.179. The number of alkyl halides is 3. The summed E-state index contributed by atoms with van der Waals surface area (Å²) in [4.78, 5) is 40.8. The van der Waals surface area contributed by atoms with Gasteiger partial charge >= 0.3 is 6.18 Å². The molecule has 0 aliphatic heterocycles. The molecule has 4 rings (SSSR count). The maximum atomic E-state index is 13.5. The van der Waals surface area contributed by atoms with Crippen LogP contribution < -0.4 is 10.9 Å². The Morgan fingerprint density at radius 3 is 2.30 bits per heavy atom. The molecule has 1 heterocycles. The number of rotatable bonds is 5. The molecule has 0 saturated carbocycles. The number of hydrogen-bond acceptors (Lipinski definition) is 3. The molecule has 190 valence electrons. The van der Waals surface area contributed by atoms with Gasteiger partial charge < -0.3 is 10.2 Å². The standard InChI is InChI=1S/C28H24F3N3O3/c1-17-23(26(36)33(2)3)15-24(27(37)34(17)21-12-7-11-20(14-21)28(29,30)31)25(35)32-16-19-10-6-9-18-8-4-5-13-22(18)19/h4-15H,16H2,1-3H3,(H,32,35). The van der Waals surface area contributed by atoms with Gasteiger partial charge in [-0.3, -0.25) is 19.0 Å². The van der Waals surface area contributed by atoms with E-state index >= 15 is 0 Å². The number of carbonyl (C=O) groups is 2. The predicted molar refractivity (Wildman–Crippen MR) is 135 cm³/mol. The Hall–Kier alpha value is -4.40. The lowest BCUT2D eigenvalue weighted by molar-refractivity contribution is -0.137. The van der Waals surface area contributed by atoms with Gasteiger partial charge in [-0.25, -0.2) is 0 Å². The van der Waals surface area contributed by atoms with Gasteiger partial charge in [0.25, 0.3) is 17.4 Å². The Bertz CT molecular complexity index is 1570. The van der Waals surface area contributed by atoms with E-state index in [2.05, 4.69) is 5.32 Å². The number of fused-ring (bicyclic) bond motifs is 1. The molecule has 4 aromatic rings. The van der Waals surface area contributed by atoms with Crippen molar-refractivity contribution in [3.05, 3.63) is 111 Å². The number of pyridine rings is 1. The maximum absolute atomic E-state index is 13.5. The third-order valence-corrected chi connectivity index (χ3v) is 6.08.